The van der Waals surface area contributed by atoms with Crippen LogP contribution in [0.5, 0.6) is 0 Å². The van der Waals surface area contributed by atoms with Crippen molar-refractivity contribution >= 4 is 15.8 Å². The highest BCUT2D eigenvalue weighted by Crippen LogP contribution is 2.11. The normalized spacial score (nSPS) is 12.8. The zero-order chi connectivity index (χ0) is 16.2. The summed E-state index contributed by atoms with van der Waals surface area (Å²) in [5.41, 5.74) is 0.342. The number of sulfonamides is 1. The van der Waals surface area contributed by atoms with Gasteiger partial charge in [-0.2, -0.15) is 0 Å². The van der Waals surface area contributed by atoms with Crippen molar-refractivity contribution in [2.75, 3.05) is 0 Å². The Balaban J connectivity index is 2.02. The summed E-state index contributed by atoms with van der Waals surface area (Å²) in [6.45, 7) is 1.59. The molecule has 5 nitrogen and oxygen atoms in total. The van der Waals surface area contributed by atoms with E-state index in [9.17, 15) is 17.6 Å². The minimum atomic E-state index is -3.72. The van der Waals surface area contributed by atoms with Gasteiger partial charge in [-0.3, -0.25) is 9.78 Å². The van der Waals surface area contributed by atoms with Crippen molar-refractivity contribution in [2.45, 2.75) is 24.3 Å². The van der Waals surface area contributed by atoms with E-state index in [1.807, 2.05) is 0 Å². The molecule has 7 heteroatoms. The first-order chi connectivity index (χ1) is 10.4. The standard InChI is InChI=1S/C15H15FN2O3S/c1-11(9-15(19)12-4-6-13(16)7-5-12)18-22(20,21)14-3-2-8-17-10-14/h2-8,10-11,18H,9H2,1H3. The van der Waals surface area contributed by atoms with Gasteiger partial charge in [0.05, 0.1) is 0 Å². The Morgan fingerprint density at radius 1 is 1.27 bits per heavy atom. The summed E-state index contributed by atoms with van der Waals surface area (Å²) in [6, 6.07) is 7.48. The summed E-state index contributed by atoms with van der Waals surface area (Å²) in [6.07, 6.45) is 2.68. The number of hydrogen-bond acceptors (Lipinski definition) is 4. The topological polar surface area (TPSA) is 76.1 Å². The van der Waals surface area contributed by atoms with E-state index in [4.69, 9.17) is 0 Å². The molecule has 116 valence electrons. The lowest BCUT2D eigenvalue weighted by Gasteiger charge is -2.13. The molecule has 1 heterocycles. The Bertz CT molecular complexity index is 746. The third-order valence-corrected chi connectivity index (χ3v) is 4.53. The lowest BCUT2D eigenvalue weighted by Crippen LogP contribution is -2.34. The number of carbonyl (C=O) groups is 1. The molecular formula is C15H15FN2O3S. The molecule has 0 amide bonds. The molecule has 0 bridgehead atoms. The summed E-state index contributed by atoms with van der Waals surface area (Å²) in [4.78, 5) is 15.8. The second-order valence-electron chi connectivity index (χ2n) is 4.85. The zero-order valence-electron chi connectivity index (χ0n) is 11.9. The number of aromatic nitrogens is 1. The lowest BCUT2D eigenvalue weighted by molar-refractivity contribution is 0.0975. The number of benzene rings is 1. The minimum Gasteiger partial charge on any atom is -0.294 e. The van der Waals surface area contributed by atoms with Crippen LogP contribution in [-0.4, -0.2) is 25.2 Å². The van der Waals surface area contributed by atoms with Gasteiger partial charge in [0.2, 0.25) is 10.0 Å². The third kappa shape index (κ3) is 4.19. The fourth-order valence-corrected chi connectivity index (χ4v) is 3.12. The van der Waals surface area contributed by atoms with Crippen LogP contribution in [0.25, 0.3) is 0 Å². The van der Waals surface area contributed by atoms with E-state index in [1.54, 1.807) is 6.92 Å². The van der Waals surface area contributed by atoms with E-state index >= 15 is 0 Å². The molecule has 0 saturated carbocycles. The van der Waals surface area contributed by atoms with Gasteiger partial charge in [-0.15, -0.1) is 0 Å². The predicted octanol–water partition coefficient (Wildman–Crippen LogP) is 2.16. The van der Waals surface area contributed by atoms with Crippen molar-refractivity contribution in [3.05, 3.63) is 60.2 Å². The SMILES string of the molecule is CC(CC(=O)c1ccc(F)cc1)NS(=O)(=O)c1cccnc1. The molecule has 1 aromatic carbocycles. The van der Waals surface area contributed by atoms with Crippen molar-refractivity contribution in [1.29, 1.82) is 0 Å². The van der Waals surface area contributed by atoms with Crippen molar-refractivity contribution in [1.82, 2.24) is 9.71 Å². The Hall–Kier alpha value is -2.12. The van der Waals surface area contributed by atoms with Gasteiger partial charge in [-0.05, 0) is 43.3 Å². The number of nitrogens with one attached hydrogen (secondary N) is 1. The Morgan fingerprint density at radius 3 is 2.55 bits per heavy atom. The maximum absolute atomic E-state index is 12.8. The van der Waals surface area contributed by atoms with Gasteiger partial charge in [-0.25, -0.2) is 17.5 Å². The number of carbonyl (C=O) groups excluding carboxylic acids is 1. The molecule has 1 unspecified atom stereocenters. The highest BCUT2D eigenvalue weighted by atomic mass is 32.2. The van der Waals surface area contributed by atoms with E-state index in [0.717, 1.165) is 0 Å². The molecule has 0 aliphatic heterocycles. The summed E-state index contributed by atoms with van der Waals surface area (Å²) >= 11 is 0. The molecule has 1 atom stereocenters. The van der Waals surface area contributed by atoms with Crippen LogP contribution in [0.1, 0.15) is 23.7 Å². The lowest BCUT2D eigenvalue weighted by atomic mass is 10.1. The van der Waals surface area contributed by atoms with Crippen LogP contribution in [0.3, 0.4) is 0 Å². The third-order valence-electron chi connectivity index (χ3n) is 2.96. The largest absolute Gasteiger partial charge is 0.294 e. The number of Topliss-reactive ketones (excluding diaryl/α,β-unsaturated/α-hetero) is 1. The van der Waals surface area contributed by atoms with Gasteiger partial charge in [0.1, 0.15) is 10.7 Å². The summed E-state index contributed by atoms with van der Waals surface area (Å²) in [7, 11) is -3.72. The average molecular weight is 322 g/mol. The smallest absolute Gasteiger partial charge is 0.242 e. The summed E-state index contributed by atoms with van der Waals surface area (Å²) < 4.78 is 39.4. The predicted molar refractivity (Wildman–Crippen MR) is 79.4 cm³/mol. The highest BCUT2D eigenvalue weighted by Gasteiger charge is 2.19. The number of ketones is 1. The zero-order valence-corrected chi connectivity index (χ0v) is 12.7. The van der Waals surface area contributed by atoms with Gasteiger partial charge in [0.25, 0.3) is 0 Å². The van der Waals surface area contributed by atoms with E-state index < -0.39 is 21.9 Å². The molecule has 0 aliphatic rings. The van der Waals surface area contributed by atoms with Crippen LogP contribution < -0.4 is 4.72 Å². The molecule has 1 aromatic heterocycles. The van der Waals surface area contributed by atoms with Gasteiger partial charge in [0.15, 0.2) is 5.78 Å². The minimum absolute atomic E-state index is 0.0227. The molecule has 2 rings (SSSR count). The second kappa shape index (κ2) is 6.76. The average Bonchev–Trinajstić information content (AvgIpc) is 2.48. The van der Waals surface area contributed by atoms with Crippen LogP contribution >= 0.6 is 0 Å². The molecule has 1 N–H and O–H groups in total. The van der Waals surface area contributed by atoms with Crippen molar-refractivity contribution < 1.29 is 17.6 Å². The summed E-state index contributed by atoms with van der Waals surface area (Å²) in [5.74, 6) is -0.691. The second-order valence-corrected chi connectivity index (χ2v) is 6.56. The van der Waals surface area contributed by atoms with Gasteiger partial charge in [-0.1, -0.05) is 0 Å². The van der Waals surface area contributed by atoms with E-state index in [-0.39, 0.29) is 17.1 Å². The van der Waals surface area contributed by atoms with E-state index in [1.165, 1.54) is 48.8 Å². The Kier molecular flexibility index (Phi) is 4.99. The van der Waals surface area contributed by atoms with Crippen LogP contribution in [0.2, 0.25) is 0 Å². The van der Waals surface area contributed by atoms with Gasteiger partial charge < -0.3 is 0 Å². The fraction of sp³-hybridized carbons (Fsp3) is 0.200. The van der Waals surface area contributed by atoms with Crippen molar-refractivity contribution in [2.24, 2.45) is 0 Å². The first-order valence-electron chi connectivity index (χ1n) is 6.59. The molecule has 2 aromatic rings. The van der Waals surface area contributed by atoms with Crippen LogP contribution in [0, 0.1) is 5.82 Å². The first-order valence-corrected chi connectivity index (χ1v) is 8.08. The molecule has 0 spiro atoms. The number of halogens is 1. The number of pyridine rings is 1. The Labute approximate surface area is 128 Å². The van der Waals surface area contributed by atoms with E-state index in [2.05, 4.69) is 9.71 Å². The van der Waals surface area contributed by atoms with Crippen molar-refractivity contribution in [3.63, 3.8) is 0 Å². The van der Waals surface area contributed by atoms with Crippen LogP contribution in [0.4, 0.5) is 4.39 Å². The molecular weight excluding hydrogens is 307 g/mol. The number of hydrogen-bond donors (Lipinski definition) is 1. The molecule has 0 aliphatic carbocycles. The summed E-state index contributed by atoms with van der Waals surface area (Å²) in [5, 5.41) is 0. The number of rotatable bonds is 6. The van der Waals surface area contributed by atoms with Crippen molar-refractivity contribution in [3.8, 4) is 0 Å². The molecule has 0 fully saturated rings. The monoisotopic (exact) mass is 322 g/mol. The number of nitrogens with zero attached hydrogens (tertiary/aromatic N) is 1. The maximum atomic E-state index is 12.8. The molecule has 0 saturated heterocycles. The molecule has 22 heavy (non-hydrogen) atoms. The molecule has 0 radical (unpaired) electrons. The maximum Gasteiger partial charge on any atom is 0.242 e. The first kappa shape index (κ1) is 16.3. The fourth-order valence-electron chi connectivity index (χ4n) is 1.91. The van der Waals surface area contributed by atoms with E-state index in [0.29, 0.717) is 5.56 Å². The highest BCUT2D eigenvalue weighted by molar-refractivity contribution is 7.89. The van der Waals surface area contributed by atoms with Gasteiger partial charge in [0, 0.05) is 30.4 Å². The van der Waals surface area contributed by atoms with Crippen LogP contribution in [-0.2, 0) is 10.0 Å². The quantitative estimate of drug-likeness (QED) is 0.827. The van der Waals surface area contributed by atoms with Gasteiger partial charge >= 0.3 is 0 Å². The van der Waals surface area contributed by atoms with Crippen LogP contribution in [0.15, 0.2) is 53.7 Å². The Morgan fingerprint density at radius 2 is 1.95 bits per heavy atom.